The number of aliphatic hydroxyl groups is 1. The molecule has 3 unspecified atom stereocenters. The van der Waals surface area contributed by atoms with Crippen LogP contribution in [0.2, 0.25) is 0 Å². The Balaban J connectivity index is 1.37. The van der Waals surface area contributed by atoms with Crippen molar-refractivity contribution in [3.05, 3.63) is 0 Å². The van der Waals surface area contributed by atoms with Crippen molar-refractivity contribution in [2.75, 3.05) is 12.3 Å². The van der Waals surface area contributed by atoms with Crippen LogP contribution in [0.5, 0.6) is 0 Å². The van der Waals surface area contributed by atoms with E-state index in [1.165, 1.54) is 0 Å². The maximum Gasteiger partial charge on any atom is 0.315 e. The summed E-state index contributed by atoms with van der Waals surface area (Å²) in [6.45, 7) is 9.68. The lowest BCUT2D eigenvalue weighted by Gasteiger charge is -2.41. The Hall–Kier alpha value is -2.21. The zero-order valence-corrected chi connectivity index (χ0v) is 30.6. The van der Waals surface area contributed by atoms with E-state index in [4.69, 9.17) is 5.73 Å². The van der Waals surface area contributed by atoms with E-state index < -0.39 is 56.2 Å². The van der Waals surface area contributed by atoms with E-state index in [0.717, 1.165) is 64.2 Å². The van der Waals surface area contributed by atoms with Crippen LogP contribution in [-0.4, -0.2) is 82.8 Å². The molecular weight excluding hydrogens is 632 g/mol. The molecule has 5 rings (SSSR count). The first kappa shape index (κ1) is 37.1. The first-order valence-corrected chi connectivity index (χ1v) is 20.1. The van der Waals surface area contributed by atoms with Crippen LogP contribution in [-0.2, 0) is 24.2 Å². The lowest BCUT2D eigenvalue weighted by Crippen LogP contribution is -2.62. The second kappa shape index (κ2) is 13.8. The Bertz CT molecular complexity index is 1340. The molecule has 0 bridgehead atoms. The largest absolute Gasteiger partial charge is 0.383 e. The number of amides is 4. The highest BCUT2D eigenvalue weighted by molar-refractivity contribution is 7.92. The van der Waals surface area contributed by atoms with E-state index >= 15 is 0 Å². The molecule has 272 valence electrons. The SMILES string of the molecule is CC1(C)C2CN(C(=O)[C@@H](NC(=O)NC3(CS(=O)(=O)C(C)(C)C)CCCCC3)C3CCCCC3)[C@H](C(=O)CC(CC3CC3)C(O)C(N)=O)[C@H]21. The predicted molar refractivity (Wildman–Crippen MR) is 183 cm³/mol. The lowest BCUT2D eigenvalue weighted by atomic mass is 9.82. The number of urea groups is 1. The third-order valence-corrected chi connectivity index (χ3v) is 15.4. The quantitative estimate of drug-likeness (QED) is 0.227. The van der Waals surface area contributed by atoms with Crippen LogP contribution < -0.4 is 16.4 Å². The molecule has 1 aliphatic heterocycles. The molecule has 0 aromatic heterocycles. The highest BCUT2D eigenvalue weighted by atomic mass is 32.2. The van der Waals surface area contributed by atoms with Gasteiger partial charge in [0, 0.05) is 18.9 Å². The van der Waals surface area contributed by atoms with Crippen molar-refractivity contribution in [1.29, 1.82) is 0 Å². The van der Waals surface area contributed by atoms with E-state index in [2.05, 4.69) is 24.5 Å². The third kappa shape index (κ3) is 7.89. The molecule has 5 fully saturated rings. The van der Waals surface area contributed by atoms with Crippen LogP contribution in [0.25, 0.3) is 0 Å². The summed E-state index contributed by atoms with van der Waals surface area (Å²) < 4.78 is 25.8. The van der Waals surface area contributed by atoms with Crippen LogP contribution in [0.1, 0.15) is 125 Å². The standard InChI is InChI=1S/C36H60N4O7S/c1-34(2,3)48(46,47)21-36(16-10-7-11-17-36)39-33(45)38-28(23-12-8-6-9-13-23)32(44)40-20-25-27(35(25,4)5)29(40)26(41)19-24(18-22-14-15-22)30(42)31(37)43/h22-25,27-30,42H,6-21H2,1-5H3,(H2,37,43)(H2,38,39,45)/t24?,25?,27-,28-,29+,30?/m0/s1. The molecule has 12 heteroatoms. The molecule has 48 heavy (non-hydrogen) atoms. The van der Waals surface area contributed by atoms with Crippen molar-refractivity contribution in [3.63, 3.8) is 0 Å². The summed E-state index contributed by atoms with van der Waals surface area (Å²) >= 11 is 0. The number of nitrogens with one attached hydrogen (secondary N) is 2. The van der Waals surface area contributed by atoms with E-state index in [9.17, 15) is 32.7 Å². The number of nitrogens with two attached hydrogens (primary N) is 1. The number of fused-ring (bicyclic) bond motifs is 1. The zero-order chi connectivity index (χ0) is 35.2. The maximum atomic E-state index is 14.6. The predicted octanol–water partition coefficient (Wildman–Crippen LogP) is 3.86. The van der Waals surface area contributed by atoms with E-state index in [-0.39, 0.29) is 47.0 Å². The molecule has 5 N–H and O–H groups in total. The second-order valence-electron chi connectivity index (χ2n) is 17.5. The number of likely N-dealkylation sites (tertiary alicyclic amines) is 1. The summed E-state index contributed by atoms with van der Waals surface area (Å²) in [5, 5.41) is 16.7. The summed E-state index contributed by atoms with van der Waals surface area (Å²) in [4.78, 5) is 56.3. The Morgan fingerprint density at radius 1 is 0.958 bits per heavy atom. The number of rotatable bonds is 13. The molecule has 11 nitrogen and oxygen atoms in total. The number of ketones is 1. The molecule has 1 saturated heterocycles. The fraction of sp³-hybridized carbons (Fsp3) is 0.889. The average molecular weight is 693 g/mol. The van der Waals surface area contributed by atoms with Gasteiger partial charge in [-0.25, -0.2) is 13.2 Å². The second-order valence-corrected chi connectivity index (χ2v) is 20.3. The highest BCUT2D eigenvalue weighted by Crippen LogP contribution is 2.65. The van der Waals surface area contributed by atoms with Crippen LogP contribution >= 0.6 is 0 Å². The minimum absolute atomic E-state index is 0.0267. The number of hydrogen-bond acceptors (Lipinski definition) is 7. The van der Waals surface area contributed by atoms with Gasteiger partial charge in [-0.05, 0) is 82.0 Å². The molecule has 0 spiro atoms. The first-order valence-electron chi connectivity index (χ1n) is 18.5. The number of hydrogen-bond donors (Lipinski definition) is 4. The number of aliphatic hydroxyl groups excluding tert-OH is 1. The summed E-state index contributed by atoms with van der Waals surface area (Å²) in [5.41, 5.74) is 4.44. The number of nitrogens with zero attached hydrogens (tertiary/aromatic N) is 1. The Labute approximate surface area is 287 Å². The Morgan fingerprint density at radius 3 is 2.12 bits per heavy atom. The van der Waals surface area contributed by atoms with Gasteiger partial charge in [-0.3, -0.25) is 14.4 Å². The minimum atomic E-state index is -3.54. The number of carbonyl (C=O) groups is 4. The van der Waals surface area contributed by atoms with Crippen molar-refractivity contribution in [1.82, 2.24) is 15.5 Å². The summed E-state index contributed by atoms with van der Waals surface area (Å²) in [6.07, 6.45) is 9.32. The van der Waals surface area contributed by atoms with Gasteiger partial charge in [0.2, 0.25) is 11.8 Å². The van der Waals surface area contributed by atoms with Crippen molar-refractivity contribution in [3.8, 4) is 0 Å². The van der Waals surface area contributed by atoms with Crippen LogP contribution in [0, 0.1) is 35.0 Å². The van der Waals surface area contributed by atoms with Gasteiger partial charge in [-0.2, -0.15) is 0 Å². The van der Waals surface area contributed by atoms with Crippen molar-refractivity contribution in [2.45, 2.75) is 153 Å². The monoisotopic (exact) mass is 692 g/mol. The number of Topliss-reactive ketones (excluding diaryl/α,β-unsaturated/α-hetero) is 1. The van der Waals surface area contributed by atoms with Crippen molar-refractivity contribution in [2.24, 2.45) is 40.7 Å². The van der Waals surface area contributed by atoms with Gasteiger partial charge in [-0.15, -0.1) is 0 Å². The van der Waals surface area contributed by atoms with Crippen LogP contribution in [0.15, 0.2) is 0 Å². The molecule has 4 saturated carbocycles. The summed E-state index contributed by atoms with van der Waals surface area (Å²) in [7, 11) is -3.54. The van der Waals surface area contributed by atoms with E-state index in [1.807, 2.05) is 0 Å². The summed E-state index contributed by atoms with van der Waals surface area (Å²) in [5.74, 6) is -1.63. The summed E-state index contributed by atoms with van der Waals surface area (Å²) in [6, 6.07) is -2.08. The molecule has 5 aliphatic rings. The molecule has 0 radical (unpaired) electrons. The van der Waals surface area contributed by atoms with Crippen molar-refractivity contribution >= 4 is 33.5 Å². The first-order chi connectivity index (χ1) is 22.4. The molecule has 6 atom stereocenters. The molecule has 1 heterocycles. The molecule has 0 aromatic carbocycles. The topological polar surface area (TPSA) is 176 Å². The van der Waals surface area contributed by atoms with Gasteiger partial charge >= 0.3 is 6.03 Å². The molecular formula is C36H60N4O7S. The number of sulfone groups is 1. The lowest BCUT2D eigenvalue weighted by molar-refractivity contribution is -0.143. The van der Waals surface area contributed by atoms with E-state index in [1.54, 1.807) is 25.7 Å². The van der Waals surface area contributed by atoms with Gasteiger partial charge in [0.25, 0.3) is 0 Å². The number of piperidine rings is 1. The fourth-order valence-corrected chi connectivity index (χ4v) is 10.7. The normalized spacial score (nSPS) is 28.9. The zero-order valence-electron chi connectivity index (χ0n) is 29.8. The van der Waals surface area contributed by atoms with Gasteiger partial charge in [0.15, 0.2) is 15.6 Å². The third-order valence-electron chi connectivity index (χ3n) is 12.6. The fourth-order valence-electron chi connectivity index (χ4n) is 9.16. The minimum Gasteiger partial charge on any atom is -0.383 e. The van der Waals surface area contributed by atoms with Crippen LogP contribution in [0.3, 0.4) is 0 Å². The van der Waals surface area contributed by atoms with Crippen molar-refractivity contribution < 1.29 is 32.7 Å². The maximum absolute atomic E-state index is 14.6. The van der Waals surface area contributed by atoms with E-state index in [0.29, 0.717) is 31.7 Å². The number of primary amides is 1. The smallest absolute Gasteiger partial charge is 0.315 e. The highest BCUT2D eigenvalue weighted by Gasteiger charge is 2.69. The Kier molecular flexibility index (Phi) is 10.7. The van der Waals surface area contributed by atoms with Crippen LogP contribution in [0.4, 0.5) is 4.79 Å². The van der Waals surface area contributed by atoms with Gasteiger partial charge in [0.05, 0.1) is 22.1 Å². The average Bonchev–Trinajstić information content (AvgIpc) is 3.86. The molecule has 4 amide bonds. The molecule has 0 aromatic rings. The Morgan fingerprint density at radius 2 is 1.56 bits per heavy atom. The van der Waals surface area contributed by atoms with Gasteiger partial charge < -0.3 is 26.4 Å². The molecule has 4 aliphatic carbocycles. The number of carbonyl (C=O) groups excluding carboxylic acids is 4. The van der Waals surface area contributed by atoms with Gasteiger partial charge in [-0.1, -0.05) is 65.2 Å². The van der Waals surface area contributed by atoms with Gasteiger partial charge in [0.1, 0.15) is 12.1 Å².